The first kappa shape index (κ1) is 17.6. The second-order valence-electron chi connectivity index (χ2n) is 6.52. The highest BCUT2D eigenvalue weighted by atomic mass is 19.1. The van der Waals surface area contributed by atoms with Crippen LogP contribution in [0.4, 0.5) is 4.39 Å². The van der Waals surface area contributed by atoms with Crippen molar-refractivity contribution in [1.29, 1.82) is 0 Å². The lowest BCUT2D eigenvalue weighted by atomic mass is 9.81. The Hall–Kier alpha value is -2.21. The van der Waals surface area contributed by atoms with Gasteiger partial charge in [-0.25, -0.2) is 4.39 Å². The van der Waals surface area contributed by atoms with Gasteiger partial charge in [0.05, 0.1) is 31.3 Å². The Labute approximate surface area is 146 Å². The number of halogens is 1. The highest BCUT2D eigenvalue weighted by molar-refractivity contribution is 5.83. The van der Waals surface area contributed by atoms with Gasteiger partial charge in [0.2, 0.25) is 0 Å². The van der Waals surface area contributed by atoms with Crippen molar-refractivity contribution in [2.75, 3.05) is 27.3 Å². The van der Waals surface area contributed by atoms with Crippen molar-refractivity contribution in [3.8, 4) is 5.75 Å². The number of rotatable bonds is 6. The van der Waals surface area contributed by atoms with E-state index in [2.05, 4.69) is 10.3 Å². The molecule has 1 aliphatic heterocycles. The predicted octanol–water partition coefficient (Wildman–Crippen LogP) is 2.86. The summed E-state index contributed by atoms with van der Waals surface area (Å²) < 4.78 is 24.6. The fourth-order valence-electron chi connectivity index (χ4n) is 3.64. The molecule has 1 aromatic heterocycles. The van der Waals surface area contributed by atoms with Crippen molar-refractivity contribution in [1.82, 2.24) is 10.3 Å². The van der Waals surface area contributed by atoms with Crippen LogP contribution in [0.15, 0.2) is 24.4 Å². The number of nitrogens with zero attached hydrogens (tertiary/aromatic N) is 1. The highest BCUT2D eigenvalue weighted by Gasteiger charge is 2.41. The van der Waals surface area contributed by atoms with E-state index >= 15 is 0 Å². The topological polar surface area (TPSA) is 60.5 Å². The van der Waals surface area contributed by atoms with Crippen LogP contribution in [0.2, 0.25) is 0 Å². The molecule has 0 radical (unpaired) electrons. The Morgan fingerprint density at radius 2 is 2.24 bits per heavy atom. The Morgan fingerprint density at radius 3 is 2.92 bits per heavy atom. The van der Waals surface area contributed by atoms with Crippen molar-refractivity contribution in [2.45, 2.75) is 25.7 Å². The van der Waals surface area contributed by atoms with Crippen molar-refractivity contribution >= 4 is 16.9 Å². The van der Waals surface area contributed by atoms with Gasteiger partial charge in [-0.15, -0.1) is 0 Å². The first-order chi connectivity index (χ1) is 12.1. The average Bonchev–Trinajstić information content (AvgIpc) is 3.12. The maximum Gasteiger partial charge on any atom is 0.313 e. The molecule has 3 rings (SSSR count). The number of hydrogen-bond acceptors (Lipinski definition) is 5. The van der Waals surface area contributed by atoms with Crippen LogP contribution in [0.1, 0.15) is 24.8 Å². The van der Waals surface area contributed by atoms with Crippen LogP contribution < -0.4 is 10.1 Å². The number of aryl methyl sites for hydroxylation is 1. The third kappa shape index (κ3) is 3.44. The summed E-state index contributed by atoms with van der Waals surface area (Å²) >= 11 is 0. The van der Waals surface area contributed by atoms with E-state index in [1.165, 1.54) is 13.3 Å². The fraction of sp³-hybridized carbons (Fsp3) is 0.474. The summed E-state index contributed by atoms with van der Waals surface area (Å²) in [7, 11) is 3.01. The molecule has 5 nitrogen and oxygen atoms in total. The average molecular weight is 346 g/mol. The molecular formula is C19H23FN2O3. The predicted molar refractivity (Wildman–Crippen MR) is 93.1 cm³/mol. The van der Waals surface area contributed by atoms with E-state index in [1.54, 1.807) is 7.11 Å². The molecule has 2 heterocycles. The monoisotopic (exact) mass is 346 g/mol. The Bertz CT molecular complexity index is 773. The van der Waals surface area contributed by atoms with E-state index in [1.807, 2.05) is 18.2 Å². The summed E-state index contributed by atoms with van der Waals surface area (Å²) in [6.07, 6.45) is 3.92. The minimum atomic E-state index is -0.494. The summed E-state index contributed by atoms with van der Waals surface area (Å²) in [6.45, 7) is 1.42. The molecule has 0 amide bonds. The zero-order valence-corrected chi connectivity index (χ0v) is 14.6. The smallest absolute Gasteiger partial charge is 0.313 e. The number of benzene rings is 1. The van der Waals surface area contributed by atoms with Crippen LogP contribution in [0.5, 0.6) is 5.75 Å². The third-order valence-corrected chi connectivity index (χ3v) is 5.08. The molecule has 1 atom stereocenters. The van der Waals surface area contributed by atoms with E-state index < -0.39 is 5.41 Å². The molecule has 0 bridgehead atoms. The molecule has 0 aliphatic carbocycles. The van der Waals surface area contributed by atoms with E-state index in [0.29, 0.717) is 37.1 Å². The SMILES string of the molecule is COC(=O)C1(CCCc2c(F)cnc3ccc(OC)cc23)CCNC1. The standard InChI is InChI=1S/C19H23FN2O3/c1-24-13-5-6-17-15(10-13)14(16(20)11-22-17)4-3-7-19(18(23)25-2)8-9-21-12-19/h5-6,10-11,21H,3-4,7-9,12H2,1-2H3. The van der Waals surface area contributed by atoms with Crippen LogP contribution in [0.25, 0.3) is 10.9 Å². The zero-order valence-electron chi connectivity index (χ0n) is 14.6. The number of nitrogens with one attached hydrogen (secondary N) is 1. The summed E-state index contributed by atoms with van der Waals surface area (Å²) in [5, 5.41) is 3.99. The van der Waals surface area contributed by atoms with Crippen molar-refractivity contribution in [3.05, 3.63) is 35.8 Å². The van der Waals surface area contributed by atoms with Crippen LogP contribution in [0.3, 0.4) is 0 Å². The van der Waals surface area contributed by atoms with Gasteiger partial charge in [-0.1, -0.05) is 0 Å². The lowest BCUT2D eigenvalue weighted by Crippen LogP contribution is -2.34. The quantitative estimate of drug-likeness (QED) is 0.815. The number of esters is 1. The Kier molecular flexibility index (Phi) is 5.18. The summed E-state index contributed by atoms with van der Waals surface area (Å²) in [4.78, 5) is 16.3. The van der Waals surface area contributed by atoms with Gasteiger partial charge in [-0.2, -0.15) is 0 Å². The van der Waals surface area contributed by atoms with Crippen LogP contribution in [-0.4, -0.2) is 38.3 Å². The molecule has 6 heteroatoms. The second-order valence-corrected chi connectivity index (χ2v) is 6.52. The van der Waals surface area contributed by atoms with Gasteiger partial charge < -0.3 is 14.8 Å². The number of fused-ring (bicyclic) bond motifs is 1. The van der Waals surface area contributed by atoms with Crippen molar-refractivity contribution < 1.29 is 18.7 Å². The zero-order chi connectivity index (χ0) is 17.9. The lowest BCUT2D eigenvalue weighted by Gasteiger charge is -2.25. The number of hydrogen-bond donors (Lipinski definition) is 1. The molecule has 25 heavy (non-hydrogen) atoms. The molecule has 1 unspecified atom stereocenters. The van der Waals surface area contributed by atoms with Gasteiger partial charge in [0.1, 0.15) is 11.6 Å². The summed E-state index contributed by atoms with van der Waals surface area (Å²) in [6, 6.07) is 5.45. The van der Waals surface area contributed by atoms with E-state index in [-0.39, 0.29) is 11.8 Å². The fourth-order valence-corrected chi connectivity index (χ4v) is 3.64. The maximum atomic E-state index is 14.4. The molecule has 2 aromatic rings. The molecule has 134 valence electrons. The Morgan fingerprint density at radius 1 is 1.40 bits per heavy atom. The largest absolute Gasteiger partial charge is 0.497 e. The maximum absolute atomic E-state index is 14.4. The molecule has 1 aromatic carbocycles. The molecular weight excluding hydrogens is 323 g/mol. The van der Waals surface area contributed by atoms with Gasteiger partial charge in [-0.05, 0) is 56.0 Å². The van der Waals surface area contributed by atoms with E-state index in [4.69, 9.17) is 9.47 Å². The first-order valence-corrected chi connectivity index (χ1v) is 8.50. The van der Waals surface area contributed by atoms with Gasteiger partial charge in [0.15, 0.2) is 0 Å². The highest BCUT2D eigenvalue weighted by Crippen LogP contribution is 2.34. The molecule has 0 saturated carbocycles. The number of carbonyl (C=O) groups excluding carboxylic acids is 1. The minimum absolute atomic E-state index is 0.181. The first-order valence-electron chi connectivity index (χ1n) is 8.50. The van der Waals surface area contributed by atoms with Crippen LogP contribution in [0, 0.1) is 11.2 Å². The number of methoxy groups -OCH3 is 2. The second kappa shape index (κ2) is 7.35. The number of carbonyl (C=O) groups is 1. The minimum Gasteiger partial charge on any atom is -0.497 e. The molecule has 1 fully saturated rings. The molecule has 1 N–H and O–H groups in total. The van der Waals surface area contributed by atoms with Gasteiger partial charge in [0, 0.05) is 11.9 Å². The molecule has 0 spiro atoms. The van der Waals surface area contributed by atoms with Crippen LogP contribution in [-0.2, 0) is 16.0 Å². The number of ether oxygens (including phenoxy) is 2. The number of pyridine rings is 1. The van der Waals surface area contributed by atoms with Crippen molar-refractivity contribution in [3.63, 3.8) is 0 Å². The van der Waals surface area contributed by atoms with Crippen LogP contribution >= 0.6 is 0 Å². The van der Waals surface area contributed by atoms with E-state index in [9.17, 15) is 9.18 Å². The third-order valence-electron chi connectivity index (χ3n) is 5.08. The lowest BCUT2D eigenvalue weighted by molar-refractivity contribution is -0.152. The molecule has 1 aliphatic rings. The summed E-state index contributed by atoms with van der Waals surface area (Å²) in [5.41, 5.74) is 0.864. The molecule has 1 saturated heterocycles. The summed E-state index contributed by atoms with van der Waals surface area (Å²) in [5.74, 6) is 0.170. The van der Waals surface area contributed by atoms with Gasteiger partial charge >= 0.3 is 5.97 Å². The Balaban J connectivity index is 1.81. The normalized spacial score (nSPS) is 20.0. The van der Waals surface area contributed by atoms with Crippen molar-refractivity contribution in [2.24, 2.45) is 5.41 Å². The van der Waals surface area contributed by atoms with Gasteiger partial charge in [-0.3, -0.25) is 9.78 Å². The number of aromatic nitrogens is 1. The van der Waals surface area contributed by atoms with Gasteiger partial charge in [0.25, 0.3) is 0 Å². The van der Waals surface area contributed by atoms with E-state index in [0.717, 1.165) is 23.9 Å².